The van der Waals surface area contributed by atoms with E-state index >= 15 is 0 Å². The Labute approximate surface area is 100 Å². The Morgan fingerprint density at radius 3 is 2.93 bits per heavy atom. The predicted octanol–water partition coefficient (Wildman–Crippen LogP) is 3.22. The molecule has 1 aromatic heterocycles. The quantitative estimate of drug-likeness (QED) is 0.743. The third kappa shape index (κ3) is 2.45. The lowest BCUT2D eigenvalue weighted by Crippen LogP contribution is -2.35. The van der Waals surface area contributed by atoms with Crippen molar-refractivity contribution in [2.24, 2.45) is 5.92 Å². The molecular formula is C11H17ClN2S. The van der Waals surface area contributed by atoms with Crippen molar-refractivity contribution in [3.05, 3.63) is 10.6 Å². The Bertz CT molecular complexity index is 318. The summed E-state index contributed by atoms with van der Waals surface area (Å²) in [5, 5.41) is 1.18. The maximum Gasteiger partial charge on any atom is 0.185 e. The highest BCUT2D eigenvalue weighted by atomic mass is 35.5. The minimum atomic E-state index is 0.643. The number of piperidine rings is 1. The highest BCUT2D eigenvalue weighted by Gasteiger charge is 2.21. The van der Waals surface area contributed by atoms with Gasteiger partial charge in [0.2, 0.25) is 0 Å². The third-order valence-electron chi connectivity index (χ3n) is 3.02. The van der Waals surface area contributed by atoms with E-state index in [1.54, 1.807) is 11.3 Å². The molecule has 0 N–H and O–H groups in total. The molecule has 4 heteroatoms. The number of alkyl halides is 1. The van der Waals surface area contributed by atoms with Gasteiger partial charge in [-0.05, 0) is 32.6 Å². The zero-order valence-electron chi connectivity index (χ0n) is 9.29. The number of thiazole rings is 1. The molecule has 1 saturated heterocycles. The third-order valence-corrected chi connectivity index (χ3v) is 4.60. The first-order valence-electron chi connectivity index (χ1n) is 5.45. The molecule has 0 spiro atoms. The van der Waals surface area contributed by atoms with Crippen LogP contribution in [0.5, 0.6) is 0 Å². The smallest absolute Gasteiger partial charge is 0.185 e. The van der Waals surface area contributed by atoms with E-state index in [-0.39, 0.29) is 0 Å². The molecule has 1 aliphatic heterocycles. The van der Waals surface area contributed by atoms with Crippen LogP contribution in [0.15, 0.2) is 0 Å². The van der Waals surface area contributed by atoms with Gasteiger partial charge < -0.3 is 4.90 Å². The molecule has 2 nitrogen and oxygen atoms in total. The molecule has 0 saturated carbocycles. The number of hydrogen-bond acceptors (Lipinski definition) is 3. The summed E-state index contributed by atoms with van der Waals surface area (Å²) in [7, 11) is 0. The average molecular weight is 245 g/mol. The highest BCUT2D eigenvalue weighted by Crippen LogP contribution is 2.29. The topological polar surface area (TPSA) is 16.1 Å². The molecular weight excluding hydrogens is 228 g/mol. The van der Waals surface area contributed by atoms with Crippen molar-refractivity contribution in [2.75, 3.05) is 23.9 Å². The maximum atomic E-state index is 5.93. The second-order valence-electron chi connectivity index (χ2n) is 4.25. The summed E-state index contributed by atoms with van der Waals surface area (Å²) in [6, 6.07) is 0. The Morgan fingerprint density at radius 1 is 1.53 bits per heavy atom. The SMILES string of the molecule is Cc1nc(N2CCCC(CCl)C2)sc1C. The Kier molecular flexibility index (Phi) is 3.52. The van der Waals surface area contributed by atoms with Gasteiger partial charge >= 0.3 is 0 Å². The molecule has 1 aliphatic rings. The largest absolute Gasteiger partial charge is 0.348 e. The van der Waals surface area contributed by atoms with Crippen molar-refractivity contribution in [3.63, 3.8) is 0 Å². The lowest BCUT2D eigenvalue weighted by Gasteiger charge is -2.31. The molecule has 0 amide bonds. The number of aromatic nitrogens is 1. The van der Waals surface area contributed by atoms with Gasteiger partial charge in [0.25, 0.3) is 0 Å². The summed E-state index contributed by atoms with van der Waals surface area (Å²) in [6.45, 7) is 6.44. The summed E-state index contributed by atoms with van der Waals surface area (Å²) in [4.78, 5) is 8.33. The van der Waals surface area contributed by atoms with Crippen molar-refractivity contribution >= 4 is 28.1 Å². The van der Waals surface area contributed by atoms with Gasteiger partial charge in [-0.1, -0.05) is 0 Å². The molecule has 0 aliphatic carbocycles. The maximum absolute atomic E-state index is 5.93. The molecule has 15 heavy (non-hydrogen) atoms. The van der Waals surface area contributed by atoms with Gasteiger partial charge in [-0.3, -0.25) is 0 Å². The van der Waals surface area contributed by atoms with Crippen LogP contribution in [0.3, 0.4) is 0 Å². The van der Waals surface area contributed by atoms with Crippen LogP contribution < -0.4 is 4.90 Å². The van der Waals surface area contributed by atoms with Crippen LogP contribution in [0.1, 0.15) is 23.4 Å². The summed E-state index contributed by atoms with van der Waals surface area (Å²) >= 11 is 7.73. The van der Waals surface area contributed by atoms with Crippen LogP contribution in [0.2, 0.25) is 0 Å². The number of halogens is 1. The average Bonchev–Trinajstić information content (AvgIpc) is 2.59. The van der Waals surface area contributed by atoms with E-state index in [0.717, 1.165) is 19.0 Å². The molecule has 0 radical (unpaired) electrons. The molecule has 1 unspecified atom stereocenters. The normalized spacial score (nSPS) is 22.1. The van der Waals surface area contributed by atoms with Crippen LogP contribution in [0.25, 0.3) is 0 Å². The summed E-state index contributed by atoms with van der Waals surface area (Å²) in [5.74, 6) is 1.42. The van der Waals surface area contributed by atoms with Gasteiger partial charge in [0.05, 0.1) is 5.69 Å². The van der Waals surface area contributed by atoms with Crippen molar-refractivity contribution in [3.8, 4) is 0 Å². The van der Waals surface area contributed by atoms with E-state index in [1.807, 2.05) is 0 Å². The standard InChI is InChI=1S/C11H17ClN2S/c1-8-9(2)15-11(13-8)14-5-3-4-10(6-12)7-14/h10H,3-7H2,1-2H3. The summed E-state index contributed by atoms with van der Waals surface area (Å²) in [6.07, 6.45) is 2.51. The van der Waals surface area contributed by atoms with E-state index < -0.39 is 0 Å². The van der Waals surface area contributed by atoms with Gasteiger partial charge in [-0.2, -0.15) is 0 Å². The van der Waals surface area contributed by atoms with Crippen LogP contribution >= 0.6 is 22.9 Å². The Hall–Kier alpha value is -0.280. The molecule has 1 fully saturated rings. The number of nitrogens with zero attached hydrogens (tertiary/aromatic N) is 2. The molecule has 0 aromatic carbocycles. The van der Waals surface area contributed by atoms with Crippen molar-refractivity contribution in [2.45, 2.75) is 26.7 Å². The number of hydrogen-bond donors (Lipinski definition) is 0. The molecule has 1 aromatic rings. The lowest BCUT2D eigenvalue weighted by atomic mass is 10.0. The van der Waals surface area contributed by atoms with E-state index in [2.05, 4.69) is 23.7 Å². The first kappa shape index (κ1) is 11.2. The minimum Gasteiger partial charge on any atom is -0.348 e. The first-order chi connectivity index (χ1) is 7.20. The minimum absolute atomic E-state index is 0.643. The Balaban J connectivity index is 2.09. The number of aryl methyl sites for hydroxylation is 2. The van der Waals surface area contributed by atoms with Gasteiger partial charge in [0.1, 0.15) is 0 Å². The molecule has 2 heterocycles. The van der Waals surface area contributed by atoms with Gasteiger partial charge in [-0.25, -0.2) is 4.98 Å². The van der Waals surface area contributed by atoms with Crippen molar-refractivity contribution in [1.82, 2.24) is 4.98 Å². The fraction of sp³-hybridized carbons (Fsp3) is 0.727. The number of rotatable bonds is 2. The van der Waals surface area contributed by atoms with E-state index in [4.69, 9.17) is 11.6 Å². The lowest BCUT2D eigenvalue weighted by molar-refractivity contribution is 0.450. The van der Waals surface area contributed by atoms with Crippen LogP contribution in [-0.4, -0.2) is 24.0 Å². The summed E-state index contributed by atoms with van der Waals surface area (Å²) in [5.41, 5.74) is 1.17. The van der Waals surface area contributed by atoms with Crippen molar-refractivity contribution in [1.29, 1.82) is 0 Å². The number of anilines is 1. The van der Waals surface area contributed by atoms with Gasteiger partial charge in [0.15, 0.2) is 5.13 Å². The van der Waals surface area contributed by atoms with Crippen LogP contribution in [0.4, 0.5) is 5.13 Å². The van der Waals surface area contributed by atoms with E-state index in [0.29, 0.717) is 5.92 Å². The second kappa shape index (κ2) is 4.71. The molecule has 2 rings (SSSR count). The Morgan fingerprint density at radius 2 is 2.33 bits per heavy atom. The zero-order valence-corrected chi connectivity index (χ0v) is 10.9. The molecule has 84 valence electrons. The van der Waals surface area contributed by atoms with Crippen LogP contribution in [-0.2, 0) is 0 Å². The second-order valence-corrected chi connectivity index (χ2v) is 5.74. The first-order valence-corrected chi connectivity index (χ1v) is 6.80. The van der Waals surface area contributed by atoms with Crippen molar-refractivity contribution < 1.29 is 0 Å². The van der Waals surface area contributed by atoms with E-state index in [9.17, 15) is 0 Å². The monoisotopic (exact) mass is 244 g/mol. The molecule has 0 bridgehead atoms. The fourth-order valence-corrected chi connectivity index (χ4v) is 3.15. The van der Waals surface area contributed by atoms with E-state index in [1.165, 1.54) is 28.5 Å². The van der Waals surface area contributed by atoms with Gasteiger partial charge in [-0.15, -0.1) is 22.9 Å². The predicted molar refractivity (Wildman–Crippen MR) is 67.2 cm³/mol. The zero-order chi connectivity index (χ0) is 10.8. The fourth-order valence-electron chi connectivity index (χ4n) is 1.96. The molecule has 1 atom stereocenters. The highest BCUT2D eigenvalue weighted by molar-refractivity contribution is 7.15. The summed E-state index contributed by atoms with van der Waals surface area (Å²) < 4.78 is 0. The van der Waals surface area contributed by atoms with Gasteiger partial charge in [0, 0.05) is 23.8 Å². The van der Waals surface area contributed by atoms with Crippen LogP contribution in [0, 0.1) is 19.8 Å².